The lowest BCUT2D eigenvalue weighted by Gasteiger charge is -2.39. The molecule has 11 nitrogen and oxygen atoms in total. The number of alkyl halides is 3. The third-order valence-electron chi connectivity index (χ3n) is 9.26. The summed E-state index contributed by atoms with van der Waals surface area (Å²) < 4.78 is 73.5. The van der Waals surface area contributed by atoms with Crippen LogP contribution in [0.3, 0.4) is 0 Å². The minimum absolute atomic E-state index is 0. The third kappa shape index (κ3) is 12.0. The van der Waals surface area contributed by atoms with Gasteiger partial charge >= 0.3 is 27.6 Å². The Balaban J connectivity index is 0.000000470. The molecule has 0 spiro atoms. The summed E-state index contributed by atoms with van der Waals surface area (Å²) >= 11 is 0. The Hall–Kier alpha value is -2.27. The van der Waals surface area contributed by atoms with Crippen molar-refractivity contribution >= 4 is 22.1 Å². The van der Waals surface area contributed by atoms with Gasteiger partial charge in [0.2, 0.25) is 0 Å². The van der Waals surface area contributed by atoms with Crippen LogP contribution in [-0.2, 0) is 33.4 Å². The van der Waals surface area contributed by atoms with Crippen LogP contribution >= 0.6 is 0 Å². The zero-order chi connectivity index (χ0) is 33.4. The van der Waals surface area contributed by atoms with Crippen LogP contribution in [0.5, 0.6) is 0 Å². The van der Waals surface area contributed by atoms with Gasteiger partial charge < -0.3 is 23.5 Å². The molecule has 4 heterocycles. The van der Waals surface area contributed by atoms with Crippen LogP contribution in [0, 0.1) is 11.8 Å². The van der Waals surface area contributed by atoms with E-state index < -0.39 is 21.7 Å². The fourth-order valence-corrected chi connectivity index (χ4v) is 6.96. The molecule has 0 aliphatic carbocycles. The van der Waals surface area contributed by atoms with Gasteiger partial charge in [0.25, 0.3) is 0 Å². The molecule has 274 valence electrons. The molecule has 4 aliphatic rings. The monoisotopic (exact) mass is 702 g/mol. The third-order valence-corrected chi connectivity index (χ3v) is 10.3. The summed E-state index contributed by atoms with van der Waals surface area (Å²) in [4.78, 5) is 33.0. The Morgan fingerprint density at radius 1 is 0.787 bits per heavy atom. The van der Waals surface area contributed by atoms with Crippen LogP contribution < -0.4 is 0 Å². The number of esters is 2. The van der Waals surface area contributed by atoms with Gasteiger partial charge in [-0.1, -0.05) is 19.1 Å². The number of hydrogen-bond donors (Lipinski definition) is 0. The molecule has 0 saturated carbocycles. The van der Waals surface area contributed by atoms with Gasteiger partial charge in [-0.25, -0.2) is 0 Å². The lowest BCUT2D eigenvalue weighted by molar-refractivity contribution is -0.150. The molecule has 4 aliphatic heterocycles. The molecule has 4 rings (SSSR count). The van der Waals surface area contributed by atoms with Crippen LogP contribution in [0.2, 0.25) is 0 Å². The van der Waals surface area contributed by atoms with Crippen molar-refractivity contribution in [3.63, 3.8) is 0 Å². The predicted molar refractivity (Wildman–Crippen MR) is 172 cm³/mol. The molecule has 16 heteroatoms. The Bertz CT molecular complexity index is 1170. The topological polar surface area (TPSA) is 109 Å². The van der Waals surface area contributed by atoms with E-state index in [0.29, 0.717) is 5.92 Å². The first-order valence-electron chi connectivity index (χ1n) is 15.5. The van der Waals surface area contributed by atoms with Crippen molar-refractivity contribution in [2.24, 2.45) is 11.8 Å². The highest BCUT2D eigenvalue weighted by Gasteiger charge is 2.49. The first-order valence-corrected chi connectivity index (χ1v) is 16.9. The molecular weight excluding hydrogens is 648 g/mol. The first-order chi connectivity index (χ1) is 21.2. The van der Waals surface area contributed by atoms with Gasteiger partial charge in [0, 0.05) is 32.6 Å². The molecule has 0 radical (unpaired) electrons. The number of methoxy groups -OCH3 is 2. The molecule has 2 fully saturated rings. The number of hydrogen-bond acceptors (Lipinski definition) is 11. The number of nitrogens with zero attached hydrogens (tertiary/aromatic N) is 4. The second kappa shape index (κ2) is 19.1. The summed E-state index contributed by atoms with van der Waals surface area (Å²) in [6, 6.07) is -0.561. The number of carbonyl (C=O) groups excluding carboxylic acids is 2. The summed E-state index contributed by atoms with van der Waals surface area (Å²) in [5.41, 5.74) is -4.03. The maximum absolute atomic E-state index is 12.4. The summed E-state index contributed by atoms with van der Waals surface area (Å²) in [6.07, 6.45) is 8.36. The molecule has 0 aromatic carbocycles. The minimum Gasteiger partial charge on any atom is -0.468 e. The average Bonchev–Trinajstić information content (AvgIpc) is 3.00. The number of carbonyl (C=O) groups is 2. The van der Waals surface area contributed by atoms with E-state index in [1.54, 1.807) is 4.90 Å². The largest absolute Gasteiger partial charge is 0.534 e. The summed E-state index contributed by atoms with van der Waals surface area (Å²) in [6.45, 7) is 8.23. The zero-order valence-electron chi connectivity index (χ0n) is 27.5. The SMILES string of the molecule is C.COC(=O)C(C1CCN(C)CC1)N1CC=C(C)CC1.COC(=O)C(C1CCN(C)CC1)N1CC=C(OS(=O)(=O)C(F)(F)F)CC1.F. The normalized spacial score (nSPS) is 22.6. The summed E-state index contributed by atoms with van der Waals surface area (Å²) in [5, 5.41) is 0. The van der Waals surface area contributed by atoms with E-state index in [-0.39, 0.29) is 61.3 Å². The van der Waals surface area contributed by atoms with E-state index in [0.717, 1.165) is 71.4 Å². The molecule has 47 heavy (non-hydrogen) atoms. The van der Waals surface area contributed by atoms with Crippen molar-refractivity contribution in [3.05, 3.63) is 23.5 Å². The van der Waals surface area contributed by atoms with Gasteiger partial charge in [-0.15, -0.1) is 0 Å². The lowest BCUT2D eigenvalue weighted by atomic mass is 9.87. The van der Waals surface area contributed by atoms with E-state index in [1.165, 1.54) is 25.9 Å². The van der Waals surface area contributed by atoms with Gasteiger partial charge in [-0.3, -0.25) is 24.1 Å². The van der Waals surface area contributed by atoms with E-state index >= 15 is 0 Å². The van der Waals surface area contributed by atoms with Crippen LogP contribution in [0.1, 0.15) is 52.9 Å². The highest BCUT2D eigenvalue weighted by atomic mass is 32.2. The van der Waals surface area contributed by atoms with Crippen LogP contribution in [0.15, 0.2) is 23.5 Å². The quantitative estimate of drug-likeness (QED) is 0.122. The van der Waals surface area contributed by atoms with E-state index in [4.69, 9.17) is 9.47 Å². The summed E-state index contributed by atoms with van der Waals surface area (Å²) in [5.74, 6) is -0.183. The maximum atomic E-state index is 12.4. The smallest absolute Gasteiger partial charge is 0.468 e. The van der Waals surface area contributed by atoms with Gasteiger partial charge in [0.15, 0.2) is 0 Å². The Morgan fingerprint density at radius 3 is 1.51 bits per heavy atom. The van der Waals surface area contributed by atoms with Crippen molar-refractivity contribution in [3.8, 4) is 0 Å². The van der Waals surface area contributed by atoms with Crippen LogP contribution in [0.25, 0.3) is 0 Å². The molecule has 0 aromatic heterocycles. The van der Waals surface area contributed by atoms with Crippen molar-refractivity contribution in [2.75, 3.05) is 80.7 Å². The van der Waals surface area contributed by atoms with E-state index in [2.05, 4.69) is 38.9 Å². The molecule has 0 bridgehead atoms. The minimum atomic E-state index is -5.67. The van der Waals surface area contributed by atoms with E-state index in [1.807, 2.05) is 7.05 Å². The molecule has 2 atom stereocenters. The predicted octanol–water partition coefficient (Wildman–Crippen LogP) is 3.64. The van der Waals surface area contributed by atoms with Gasteiger partial charge in [-0.05, 0) is 97.2 Å². The fourth-order valence-electron chi connectivity index (χ4n) is 6.43. The number of ether oxygens (including phenoxy) is 2. The molecule has 0 amide bonds. The molecular formula is C31H54F4N4O7S. The first kappa shape index (κ1) is 42.8. The second-order valence-electron chi connectivity index (χ2n) is 12.4. The van der Waals surface area contributed by atoms with Gasteiger partial charge in [0.1, 0.15) is 17.8 Å². The molecule has 0 aromatic rings. The van der Waals surface area contributed by atoms with Crippen molar-refractivity contribution in [1.29, 1.82) is 0 Å². The molecule has 2 saturated heterocycles. The maximum Gasteiger partial charge on any atom is 0.534 e. The second-order valence-corrected chi connectivity index (χ2v) is 13.9. The van der Waals surface area contributed by atoms with Crippen molar-refractivity contribution < 1.29 is 49.5 Å². The van der Waals surface area contributed by atoms with Crippen LogP contribution in [-0.4, -0.2) is 138 Å². The van der Waals surface area contributed by atoms with Gasteiger partial charge in [-0.2, -0.15) is 21.6 Å². The average molecular weight is 703 g/mol. The Morgan fingerprint density at radius 2 is 1.19 bits per heavy atom. The zero-order valence-corrected chi connectivity index (χ0v) is 28.3. The van der Waals surface area contributed by atoms with E-state index in [9.17, 15) is 31.2 Å². The van der Waals surface area contributed by atoms with Crippen LogP contribution in [0.4, 0.5) is 17.9 Å². The lowest BCUT2D eigenvalue weighted by Crippen LogP contribution is -2.51. The molecule has 2 unspecified atom stereocenters. The molecule has 0 N–H and O–H groups in total. The number of rotatable bonds is 8. The number of likely N-dealkylation sites (tertiary alicyclic amines) is 2. The summed E-state index contributed by atoms with van der Waals surface area (Å²) in [7, 11) is 1.29. The Labute approximate surface area is 277 Å². The van der Waals surface area contributed by atoms with Crippen molar-refractivity contribution in [1.82, 2.24) is 19.6 Å². The number of halogens is 4. The highest BCUT2D eigenvalue weighted by Crippen LogP contribution is 2.31. The standard InChI is InChI=1S/C15H23F3N2O5S.C15H26N2O2.CH4.FH/c1-19-7-3-11(4-8-19)13(14(21)24-2)20-9-5-12(6-10-20)25-26(22,23)15(16,17)18;1-12-4-10-17(11-5-12)14(15(18)19-3)13-6-8-16(2)9-7-13;;/h5,11,13H,3-4,6-10H2,1-2H3;4,13-14H,5-11H2,1-3H3;1H4;1H. The van der Waals surface area contributed by atoms with Gasteiger partial charge in [0.05, 0.1) is 14.2 Å². The number of piperidine rings is 2. The Kier molecular flexibility index (Phi) is 17.3. The fraction of sp³-hybridized carbons (Fsp3) is 0.806. The highest BCUT2D eigenvalue weighted by molar-refractivity contribution is 7.87. The van der Waals surface area contributed by atoms with Crippen molar-refractivity contribution in [2.45, 2.75) is 70.5 Å².